The number of halogens is 3. The highest BCUT2D eigenvalue weighted by molar-refractivity contribution is 9.11. The molecule has 1 atom stereocenters. The molecule has 1 unspecified atom stereocenters. The van der Waals surface area contributed by atoms with Crippen LogP contribution in [0.5, 0.6) is 0 Å². The Morgan fingerprint density at radius 1 is 1.19 bits per heavy atom. The van der Waals surface area contributed by atoms with Crippen LogP contribution in [0.1, 0.15) is 49.0 Å². The van der Waals surface area contributed by atoms with Crippen molar-refractivity contribution in [3.8, 4) is 0 Å². The minimum absolute atomic E-state index is 0.206. The number of hydrogen-bond donors (Lipinski definition) is 2. The first-order valence-electron chi connectivity index (χ1n) is 8.65. The molecule has 138 valence electrons. The maximum Gasteiger partial charge on any atom is 0.272 e. The number of anilines is 2. The second-order valence-electron chi connectivity index (χ2n) is 7.06. The molecule has 2 fully saturated rings. The Hall–Kier alpha value is -1.54. The van der Waals surface area contributed by atoms with E-state index >= 15 is 0 Å². The van der Waals surface area contributed by atoms with Crippen molar-refractivity contribution in [2.24, 2.45) is 5.41 Å². The Morgan fingerprint density at radius 3 is 2.50 bits per heavy atom. The molecule has 26 heavy (non-hydrogen) atoms. The largest absolute Gasteiger partial charge is 0.347 e. The van der Waals surface area contributed by atoms with Crippen molar-refractivity contribution >= 4 is 44.0 Å². The van der Waals surface area contributed by atoms with Crippen LogP contribution in [0.25, 0.3) is 0 Å². The lowest BCUT2D eigenvalue weighted by atomic mass is 9.63. The molecule has 2 aromatic rings. The summed E-state index contributed by atoms with van der Waals surface area (Å²) in [5.74, 6) is -1.55. The van der Waals surface area contributed by atoms with Gasteiger partial charge in [0.25, 0.3) is 5.91 Å². The van der Waals surface area contributed by atoms with Crippen LogP contribution in [-0.2, 0) is 0 Å². The number of carbonyl (C=O) groups is 1. The Bertz CT molecular complexity index is 831. The van der Waals surface area contributed by atoms with E-state index in [1.807, 2.05) is 0 Å². The van der Waals surface area contributed by atoms with E-state index in [2.05, 4.69) is 31.5 Å². The van der Waals surface area contributed by atoms with Gasteiger partial charge in [-0.2, -0.15) is 0 Å². The summed E-state index contributed by atoms with van der Waals surface area (Å²) in [5, 5.41) is 6.38. The molecule has 0 saturated heterocycles. The van der Waals surface area contributed by atoms with Crippen LogP contribution < -0.4 is 10.6 Å². The van der Waals surface area contributed by atoms with Gasteiger partial charge in [0.05, 0.1) is 0 Å². The third-order valence-electron chi connectivity index (χ3n) is 5.49. The van der Waals surface area contributed by atoms with Crippen molar-refractivity contribution < 1.29 is 13.6 Å². The number of nitrogens with one attached hydrogen (secondary N) is 2. The fourth-order valence-corrected chi connectivity index (χ4v) is 5.51. The highest BCUT2D eigenvalue weighted by atomic mass is 79.9. The first kappa shape index (κ1) is 17.9. The number of carbonyl (C=O) groups excluding carboxylic acids is 1. The summed E-state index contributed by atoms with van der Waals surface area (Å²) >= 11 is 4.59. The monoisotopic (exact) mass is 441 g/mol. The zero-order valence-electron chi connectivity index (χ0n) is 13.9. The van der Waals surface area contributed by atoms with Gasteiger partial charge in [-0.1, -0.05) is 24.2 Å². The fraction of sp³-hybridized carbons (Fsp3) is 0.444. The molecular formula is C18H18BrF2N3OS. The normalized spacial score (nSPS) is 20.8. The van der Waals surface area contributed by atoms with E-state index in [-0.39, 0.29) is 17.6 Å². The lowest BCUT2D eigenvalue weighted by molar-refractivity contribution is 0.0579. The molecule has 2 aliphatic carbocycles. The van der Waals surface area contributed by atoms with Crippen LogP contribution in [0.3, 0.4) is 0 Å². The molecule has 0 aliphatic heterocycles. The van der Waals surface area contributed by atoms with Crippen molar-refractivity contribution in [2.75, 3.05) is 5.32 Å². The van der Waals surface area contributed by atoms with Crippen molar-refractivity contribution in [2.45, 2.75) is 44.6 Å². The molecule has 4 rings (SSSR count). The average Bonchev–Trinajstić information content (AvgIpc) is 3.19. The molecule has 0 bridgehead atoms. The van der Waals surface area contributed by atoms with Gasteiger partial charge >= 0.3 is 0 Å². The van der Waals surface area contributed by atoms with Crippen molar-refractivity contribution in [3.63, 3.8) is 0 Å². The summed E-state index contributed by atoms with van der Waals surface area (Å²) in [6.07, 6.45) is 7.06. The number of nitrogens with zero attached hydrogens (tertiary/aromatic N) is 1. The molecule has 8 heteroatoms. The van der Waals surface area contributed by atoms with Crippen LogP contribution in [0.4, 0.5) is 19.6 Å². The van der Waals surface area contributed by atoms with Crippen LogP contribution in [0, 0.1) is 17.0 Å². The number of amides is 1. The van der Waals surface area contributed by atoms with Gasteiger partial charge in [0.2, 0.25) is 0 Å². The van der Waals surface area contributed by atoms with Gasteiger partial charge < -0.3 is 10.6 Å². The highest BCUT2D eigenvalue weighted by Crippen LogP contribution is 2.53. The van der Waals surface area contributed by atoms with Crippen LogP contribution >= 0.6 is 27.3 Å². The summed E-state index contributed by atoms with van der Waals surface area (Å²) in [6, 6.07) is 3.38. The maximum absolute atomic E-state index is 13.3. The first-order valence-corrected chi connectivity index (χ1v) is 10.3. The molecule has 1 spiro atoms. The highest BCUT2D eigenvalue weighted by Gasteiger charge is 2.48. The van der Waals surface area contributed by atoms with Gasteiger partial charge in [-0.3, -0.25) is 4.79 Å². The third kappa shape index (κ3) is 3.36. The minimum Gasteiger partial charge on any atom is -0.347 e. The van der Waals surface area contributed by atoms with Crippen LogP contribution in [0.15, 0.2) is 22.0 Å². The molecule has 4 nitrogen and oxygen atoms in total. The molecule has 1 amide bonds. The van der Waals surface area contributed by atoms with Crippen LogP contribution in [0.2, 0.25) is 0 Å². The molecule has 1 aromatic carbocycles. The second-order valence-corrected chi connectivity index (χ2v) is 9.38. The van der Waals surface area contributed by atoms with Gasteiger partial charge in [0.15, 0.2) is 10.8 Å². The molecule has 1 heterocycles. The van der Waals surface area contributed by atoms with Crippen molar-refractivity contribution in [1.82, 2.24) is 10.3 Å². The number of benzene rings is 1. The standard InChI is InChI=1S/C18H18BrF2N3OS/c19-15-14(16(25)23-13-3-6-18(13)4-1-2-5-18)24-17(26-15)22-12-8-10(20)7-11(21)9-12/h7-9,13H,1-6H2,(H,22,24)(H,23,25). The molecular weight excluding hydrogens is 424 g/mol. The van der Waals surface area contributed by atoms with E-state index < -0.39 is 11.6 Å². The number of hydrogen-bond acceptors (Lipinski definition) is 4. The summed E-state index contributed by atoms with van der Waals surface area (Å²) in [6.45, 7) is 0. The Labute approximate surface area is 162 Å². The maximum atomic E-state index is 13.3. The van der Waals surface area contributed by atoms with E-state index in [9.17, 15) is 13.6 Å². The van der Waals surface area contributed by atoms with E-state index in [1.54, 1.807) is 0 Å². The van der Waals surface area contributed by atoms with Gasteiger partial charge in [0, 0.05) is 17.8 Å². The van der Waals surface area contributed by atoms with E-state index in [1.165, 1.54) is 55.6 Å². The summed E-state index contributed by atoms with van der Waals surface area (Å²) in [5.41, 5.74) is 0.840. The second kappa shape index (κ2) is 6.88. The quantitative estimate of drug-likeness (QED) is 0.669. The molecule has 1 aromatic heterocycles. The van der Waals surface area contributed by atoms with Crippen molar-refractivity contribution in [1.29, 1.82) is 0 Å². The molecule has 2 saturated carbocycles. The molecule has 2 aliphatic rings. The predicted octanol–water partition coefficient (Wildman–Crippen LogP) is 5.38. The predicted molar refractivity (Wildman–Crippen MR) is 101 cm³/mol. The smallest absolute Gasteiger partial charge is 0.272 e. The first-order chi connectivity index (χ1) is 12.4. The molecule has 0 radical (unpaired) electrons. The van der Waals surface area contributed by atoms with E-state index in [4.69, 9.17) is 0 Å². The van der Waals surface area contributed by atoms with Gasteiger partial charge in [-0.15, -0.1) is 0 Å². The lowest BCUT2D eigenvalue weighted by Gasteiger charge is -2.47. The average molecular weight is 442 g/mol. The topological polar surface area (TPSA) is 54.0 Å². The zero-order valence-corrected chi connectivity index (χ0v) is 16.4. The van der Waals surface area contributed by atoms with Crippen LogP contribution in [-0.4, -0.2) is 16.9 Å². The summed E-state index contributed by atoms with van der Waals surface area (Å²) in [4.78, 5) is 16.9. The van der Waals surface area contributed by atoms with Gasteiger partial charge in [-0.25, -0.2) is 13.8 Å². The van der Waals surface area contributed by atoms with Gasteiger partial charge in [0.1, 0.15) is 15.4 Å². The number of aromatic nitrogens is 1. The van der Waals surface area contributed by atoms with E-state index in [0.29, 0.717) is 20.0 Å². The molecule has 2 N–H and O–H groups in total. The lowest BCUT2D eigenvalue weighted by Crippen LogP contribution is -2.53. The number of thiazole rings is 1. The SMILES string of the molecule is O=C(NC1CCC12CCCC2)c1nc(Nc2cc(F)cc(F)c2)sc1Br. The van der Waals surface area contributed by atoms with Crippen molar-refractivity contribution in [3.05, 3.63) is 39.3 Å². The minimum atomic E-state index is -0.673. The summed E-state index contributed by atoms with van der Waals surface area (Å²) in [7, 11) is 0. The zero-order chi connectivity index (χ0) is 18.3. The fourth-order valence-electron chi connectivity index (χ4n) is 4.07. The third-order valence-corrected chi connectivity index (χ3v) is 7.11. The van der Waals surface area contributed by atoms with E-state index in [0.717, 1.165) is 12.5 Å². The van der Waals surface area contributed by atoms with Gasteiger partial charge in [-0.05, 0) is 59.2 Å². The summed E-state index contributed by atoms with van der Waals surface area (Å²) < 4.78 is 27.2. The number of rotatable bonds is 4. The Kier molecular flexibility index (Phi) is 4.73. The Balaban J connectivity index is 1.46. The Morgan fingerprint density at radius 2 is 1.88 bits per heavy atom.